The molecule has 0 bridgehead atoms. The SMILES string of the molecule is O=C1NC(SCC(=O)N2CCCc3ccccc32)=NC2N=NC=C12. The highest BCUT2D eigenvalue weighted by Gasteiger charge is 2.30. The maximum absolute atomic E-state index is 12.6. The van der Waals surface area contributed by atoms with Crippen LogP contribution in [0, 0.1) is 0 Å². The molecular formula is C16H15N5O2S. The first-order valence-corrected chi connectivity index (χ1v) is 8.71. The van der Waals surface area contributed by atoms with Crippen molar-refractivity contribution in [3.63, 3.8) is 0 Å². The summed E-state index contributed by atoms with van der Waals surface area (Å²) in [6, 6.07) is 7.98. The van der Waals surface area contributed by atoms with Crippen molar-refractivity contribution in [3.8, 4) is 0 Å². The minimum Gasteiger partial charge on any atom is -0.311 e. The van der Waals surface area contributed by atoms with Crippen molar-refractivity contribution in [2.75, 3.05) is 17.2 Å². The van der Waals surface area contributed by atoms with Gasteiger partial charge in [0.25, 0.3) is 5.91 Å². The summed E-state index contributed by atoms with van der Waals surface area (Å²) in [5.74, 6) is -0.0205. The van der Waals surface area contributed by atoms with Crippen LogP contribution in [0.4, 0.5) is 5.69 Å². The molecule has 0 radical (unpaired) electrons. The number of nitrogens with zero attached hydrogens (tertiary/aromatic N) is 4. The molecule has 7 nitrogen and oxygen atoms in total. The van der Waals surface area contributed by atoms with Gasteiger partial charge in [0.2, 0.25) is 5.91 Å². The van der Waals surface area contributed by atoms with E-state index in [1.165, 1.54) is 23.5 Å². The van der Waals surface area contributed by atoms with Crippen LogP contribution in [0.3, 0.4) is 0 Å². The maximum atomic E-state index is 12.6. The average molecular weight is 341 g/mol. The molecule has 8 heteroatoms. The molecule has 3 aliphatic rings. The summed E-state index contributed by atoms with van der Waals surface area (Å²) < 4.78 is 0. The largest absolute Gasteiger partial charge is 0.311 e. The molecule has 0 fully saturated rings. The van der Waals surface area contributed by atoms with Crippen LogP contribution in [0.15, 0.2) is 51.3 Å². The molecule has 3 heterocycles. The number of amides is 2. The van der Waals surface area contributed by atoms with Gasteiger partial charge in [-0.1, -0.05) is 30.0 Å². The van der Waals surface area contributed by atoms with Gasteiger partial charge >= 0.3 is 0 Å². The predicted octanol–water partition coefficient (Wildman–Crippen LogP) is 1.86. The number of carbonyl (C=O) groups is 2. The number of thioether (sulfide) groups is 1. The van der Waals surface area contributed by atoms with E-state index in [4.69, 9.17) is 0 Å². The van der Waals surface area contributed by atoms with Crippen LogP contribution >= 0.6 is 11.8 Å². The highest BCUT2D eigenvalue weighted by Crippen LogP contribution is 2.28. The zero-order chi connectivity index (χ0) is 16.5. The number of rotatable bonds is 2. The average Bonchev–Trinajstić information content (AvgIpc) is 3.08. The Morgan fingerprint density at radius 2 is 2.25 bits per heavy atom. The molecule has 24 heavy (non-hydrogen) atoms. The number of para-hydroxylation sites is 1. The molecule has 122 valence electrons. The van der Waals surface area contributed by atoms with E-state index in [9.17, 15) is 9.59 Å². The van der Waals surface area contributed by atoms with Crippen LogP contribution in [-0.2, 0) is 16.0 Å². The third-order valence-corrected chi connectivity index (χ3v) is 4.99. The van der Waals surface area contributed by atoms with Gasteiger partial charge in [-0.3, -0.25) is 9.59 Å². The number of nitrogens with one attached hydrogen (secondary N) is 1. The molecule has 4 rings (SSSR count). The monoisotopic (exact) mass is 341 g/mol. The summed E-state index contributed by atoms with van der Waals surface area (Å²) in [6.45, 7) is 0.721. The van der Waals surface area contributed by atoms with Crippen LogP contribution in [0.1, 0.15) is 12.0 Å². The molecular weight excluding hydrogens is 326 g/mol. The fraction of sp³-hybridized carbons (Fsp3) is 0.312. The highest BCUT2D eigenvalue weighted by molar-refractivity contribution is 8.14. The second kappa shape index (κ2) is 6.20. The van der Waals surface area contributed by atoms with Crippen molar-refractivity contribution >= 4 is 34.4 Å². The summed E-state index contributed by atoms with van der Waals surface area (Å²) in [5, 5.41) is 10.7. The van der Waals surface area contributed by atoms with E-state index in [0.29, 0.717) is 10.7 Å². The van der Waals surface area contributed by atoms with Crippen LogP contribution in [0.25, 0.3) is 0 Å². The van der Waals surface area contributed by atoms with Crippen molar-refractivity contribution in [3.05, 3.63) is 41.6 Å². The fourth-order valence-electron chi connectivity index (χ4n) is 2.95. The van der Waals surface area contributed by atoms with Crippen LogP contribution in [0.2, 0.25) is 0 Å². The number of aliphatic imine (C=N–C) groups is 1. The van der Waals surface area contributed by atoms with Gasteiger partial charge in [0.15, 0.2) is 11.3 Å². The molecule has 1 N–H and O–H groups in total. The number of benzene rings is 1. The molecule has 0 saturated heterocycles. The summed E-state index contributed by atoms with van der Waals surface area (Å²) in [4.78, 5) is 30.6. The predicted molar refractivity (Wildman–Crippen MR) is 91.9 cm³/mol. The van der Waals surface area contributed by atoms with E-state index in [-0.39, 0.29) is 17.6 Å². The Bertz CT molecular complexity index is 801. The molecule has 0 aromatic heterocycles. The van der Waals surface area contributed by atoms with E-state index in [1.807, 2.05) is 23.1 Å². The Kier molecular flexibility index (Phi) is 3.89. The second-order valence-corrected chi connectivity index (χ2v) is 6.61. The molecule has 2 amide bonds. The molecule has 0 aliphatic carbocycles. The van der Waals surface area contributed by atoms with Crippen LogP contribution in [0.5, 0.6) is 0 Å². The minimum atomic E-state index is -0.563. The van der Waals surface area contributed by atoms with Crippen molar-refractivity contribution in [2.24, 2.45) is 15.2 Å². The van der Waals surface area contributed by atoms with Gasteiger partial charge in [-0.25, -0.2) is 4.99 Å². The standard InChI is InChI=1S/C16H15N5O2S/c22-13(21-7-3-5-10-4-1-2-6-12(10)21)9-24-16-18-14-11(8-17-20-14)15(23)19-16/h1-2,4,6,8,14H,3,5,7,9H2,(H,18,19,23). The first-order chi connectivity index (χ1) is 11.7. The van der Waals surface area contributed by atoms with Gasteiger partial charge < -0.3 is 10.2 Å². The number of amidine groups is 1. The first kappa shape index (κ1) is 15.1. The van der Waals surface area contributed by atoms with E-state index in [1.54, 1.807) is 0 Å². The molecule has 1 aromatic rings. The van der Waals surface area contributed by atoms with E-state index in [0.717, 1.165) is 25.1 Å². The lowest BCUT2D eigenvalue weighted by atomic mass is 10.0. The summed E-state index contributed by atoms with van der Waals surface area (Å²) in [6.07, 6.45) is 2.81. The number of aryl methyl sites for hydroxylation is 1. The molecule has 3 aliphatic heterocycles. The number of carbonyl (C=O) groups excluding carboxylic acids is 2. The third kappa shape index (κ3) is 2.73. The van der Waals surface area contributed by atoms with Gasteiger partial charge in [0.1, 0.15) is 0 Å². The lowest BCUT2D eigenvalue weighted by Crippen LogP contribution is -2.40. The Hall–Kier alpha value is -2.48. The van der Waals surface area contributed by atoms with Gasteiger partial charge in [0.05, 0.1) is 17.5 Å². The lowest BCUT2D eigenvalue weighted by Gasteiger charge is -2.29. The Morgan fingerprint density at radius 1 is 1.38 bits per heavy atom. The number of fused-ring (bicyclic) bond motifs is 2. The van der Waals surface area contributed by atoms with Crippen molar-refractivity contribution in [2.45, 2.75) is 19.0 Å². The van der Waals surface area contributed by atoms with Gasteiger partial charge in [-0.05, 0) is 24.5 Å². The smallest absolute Gasteiger partial charge is 0.258 e. The van der Waals surface area contributed by atoms with E-state index in [2.05, 4.69) is 26.6 Å². The minimum absolute atomic E-state index is 0.0125. The second-order valence-electron chi connectivity index (χ2n) is 5.64. The summed E-state index contributed by atoms with van der Waals surface area (Å²) >= 11 is 1.22. The molecule has 1 aromatic carbocycles. The third-order valence-electron chi connectivity index (χ3n) is 4.12. The Balaban J connectivity index is 1.44. The van der Waals surface area contributed by atoms with Crippen molar-refractivity contribution in [1.29, 1.82) is 0 Å². The van der Waals surface area contributed by atoms with Crippen molar-refractivity contribution < 1.29 is 9.59 Å². The fourth-order valence-corrected chi connectivity index (χ4v) is 3.70. The number of azo groups is 1. The van der Waals surface area contributed by atoms with Gasteiger partial charge in [-0.2, -0.15) is 10.2 Å². The van der Waals surface area contributed by atoms with E-state index >= 15 is 0 Å². The maximum Gasteiger partial charge on any atom is 0.258 e. The van der Waals surface area contributed by atoms with E-state index < -0.39 is 6.17 Å². The molecule has 0 spiro atoms. The number of anilines is 1. The molecule has 1 unspecified atom stereocenters. The molecule has 1 atom stereocenters. The lowest BCUT2D eigenvalue weighted by molar-refractivity contribution is -0.117. The van der Waals surface area contributed by atoms with Crippen LogP contribution < -0.4 is 10.2 Å². The highest BCUT2D eigenvalue weighted by atomic mass is 32.2. The Morgan fingerprint density at radius 3 is 3.17 bits per heavy atom. The van der Waals surface area contributed by atoms with Crippen LogP contribution in [-0.4, -0.2) is 35.4 Å². The van der Waals surface area contributed by atoms with Gasteiger partial charge in [0, 0.05) is 12.2 Å². The quantitative estimate of drug-likeness (QED) is 0.891. The number of hydrogen-bond donors (Lipinski definition) is 1. The summed E-state index contributed by atoms with van der Waals surface area (Å²) in [5.41, 5.74) is 2.63. The Labute approximate surface area is 142 Å². The van der Waals surface area contributed by atoms with Crippen molar-refractivity contribution in [1.82, 2.24) is 5.32 Å². The topological polar surface area (TPSA) is 86.5 Å². The summed E-state index contributed by atoms with van der Waals surface area (Å²) in [7, 11) is 0. The zero-order valence-corrected chi connectivity index (χ0v) is 13.6. The zero-order valence-electron chi connectivity index (χ0n) is 12.8. The molecule has 0 saturated carbocycles. The first-order valence-electron chi connectivity index (χ1n) is 7.72. The number of hydrogen-bond acceptors (Lipinski definition) is 6. The normalized spacial score (nSPS) is 21.6. The van der Waals surface area contributed by atoms with Gasteiger partial charge in [-0.15, -0.1) is 0 Å².